The fraction of sp³-hybridized carbons (Fsp3) is 0.438. The Hall–Kier alpha value is -2.30. The van der Waals surface area contributed by atoms with Crippen LogP contribution in [0.5, 0.6) is 0 Å². The van der Waals surface area contributed by atoms with Gasteiger partial charge in [0.2, 0.25) is 5.95 Å². The lowest BCUT2D eigenvalue weighted by molar-refractivity contribution is 0.528. The molecule has 0 spiro atoms. The second-order valence-corrected chi connectivity index (χ2v) is 9.32. The van der Waals surface area contributed by atoms with Crippen LogP contribution in [0.4, 0.5) is 11.8 Å². The minimum atomic E-state index is -0.731. The predicted molar refractivity (Wildman–Crippen MR) is 132 cm³/mol. The lowest BCUT2D eigenvalue weighted by atomic mass is 9.49. The van der Waals surface area contributed by atoms with Gasteiger partial charge in [-0.3, -0.25) is 5.43 Å². The van der Waals surface area contributed by atoms with Gasteiger partial charge in [-0.25, -0.2) is 4.98 Å². The fourth-order valence-corrected chi connectivity index (χ4v) is 2.50. The molecule has 1 aromatic heterocycles. The number of halogens is 1. The molecular weight excluding hydrogens is 431 g/mol. The van der Waals surface area contributed by atoms with Gasteiger partial charge in [-0.2, -0.15) is 10.1 Å². The van der Waals surface area contributed by atoms with Crippen molar-refractivity contribution < 1.29 is 0 Å². The van der Waals surface area contributed by atoms with Crippen molar-refractivity contribution in [2.24, 2.45) is 5.10 Å². The Morgan fingerprint density at radius 2 is 2.03 bits per heavy atom. The SMILES string of the molecule is BC(B)(B)N/C(=C\C(=N)C(C)(C)N/N=C\C=N)Nc1ncc(Br)c(NC2CC2)n1. The molecular formula is C16H27B3BrN9. The largest absolute Gasteiger partial charge is 0.389 e. The summed E-state index contributed by atoms with van der Waals surface area (Å²) in [6.45, 7) is 3.69. The monoisotopic (exact) mass is 457 g/mol. The molecule has 1 aliphatic rings. The molecule has 152 valence electrons. The normalized spacial score (nSPS) is 15.1. The molecule has 0 atom stereocenters. The maximum atomic E-state index is 8.50. The lowest BCUT2D eigenvalue weighted by Gasteiger charge is -2.28. The zero-order valence-corrected chi connectivity index (χ0v) is 19.1. The van der Waals surface area contributed by atoms with Crippen molar-refractivity contribution in [3.05, 3.63) is 22.6 Å². The Bertz CT molecular complexity index is 816. The molecule has 13 heteroatoms. The van der Waals surface area contributed by atoms with E-state index in [9.17, 15) is 0 Å². The van der Waals surface area contributed by atoms with Gasteiger partial charge in [-0.1, -0.05) is 0 Å². The molecule has 1 fully saturated rings. The van der Waals surface area contributed by atoms with Gasteiger partial charge >= 0.3 is 0 Å². The first-order valence-corrected chi connectivity index (χ1v) is 10.2. The second kappa shape index (κ2) is 9.47. The van der Waals surface area contributed by atoms with Crippen LogP contribution in [-0.2, 0) is 0 Å². The number of nitrogens with one attached hydrogen (secondary N) is 6. The summed E-state index contributed by atoms with van der Waals surface area (Å²) < 4.78 is 0.811. The van der Waals surface area contributed by atoms with E-state index in [2.05, 4.69) is 52.4 Å². The number of aromatic nitrogens is 2. The molecule has 1 aromatic rings. The summed E-state index contributed by atoms with van der Waals surface area (Å²) in [6, 6.07) is 0.471. The molecule has 0 aromatic carbocycles. The standard InChI is InChI=1S/C16H27B3BrN9/c1-15(2,29-24-6-5-21)11(22)7-12(28-16(17,18)19)26-14-23-8-10(20)13(27-14)25-9-3-4-9/h5-9,21-22,28-29H,3-4,17-19H2,1-2H3,(H2,23,25,26,27)/b12-7-,21-5?,22-11?,24-6-. The van der Waals surface area contributed by atoms with Crippen molar-refractivity contribution in [2.45, 2.75) is 43.5 Å². The zero-order chi connectivity index (χ0) is 21.7. The van der Waals surface area contributed by atoms with E-state index in [0.29, 0.717) is 23.5 Å². The van der Waals surface area contributed by atoms with Crippen LogP contribution in [0.25, 0.3) is 0 Å². The van der Waals surface area contributed by atoms with Crippen LogP contribution in [0, 0.1) is 10.8 Å². The molecule has 0 amide bonds. The highest BCUT2D eigenvalue weighted by molar-refractivity contribution is 9.10. The minimum Gasteiger partial charge on any atom is -0.389 e. The van der Waals surface area contributed by atoms with Gasteiger partial charge in [-0.05, 0) is 47.9 Å². The van der Waals surface area contributed by atoms with Crippen molar-refractivity contribution >= 4 is 69.4 Å². The lowest BCUT2D eigenvalue weighted by Crippen LogP contribution is -2.49. The molecule has 1 aliphatic carbocycles. The van der Waals surface area contributed by atoms with Gasteiger partial charge in [0.1, 0.15) is 35.2 Å². The smallest absolute Gasteiger partial charge is 0.230 e. The summed E-state index contributed by atoms with van der Waals surface area (Å²) in [6.07, 6.45) is 8.10. The number of anilines is 2. The van der Waals surface area contributed by atoms with E-state index in [1.807, 2.05) is 37.4 Å². The van der Waals surface area contributed by atoms with Crippen molar-refractivity contribution in [1.29, 1.82) is 10.8 Å². The van der Waals surface area contributed by atoms with Crippen LogP contribution >= 0.6 is 15.9 Å². The van der Waals surface area contributed by atoms with Crippen molar-refractivity contribution in [2.75, 3.05) is 10.6 Å². The van der Waals surface area contributed by atoms with E-state index >= 15 is 0 Å². The quantitative estimate of drug-likeness (QED) is 0.146. The Kier molecular flexibility index (Phi) is 7.51. The van der Waals surface area contributed by atoms with Gasteiger partial charge in [-0.15, -0.1) is 0 Å². The highest BCUT2D eigenvalue weighted by atomic mass is 79.9. The molecule has 0 aliphatic heterocycles. The van der Waals surface area contributed by atoms with Crippen molar-refractivity contribution in [1.82, 2.24) is 20.7 Å². The fourth-order valence-electron chi connectivity index (χ4n) is 2.20. The van der Waals surface area contributed by atoms with E-state index in [4.69, 9.17) is 10.8 Å². The summed E-state index contributed by atoms with van der Waals surface area (Å²) in [4.78, 5) is 8.90. The van der Waals surface area contributed by atoms with Gasteiger partial charge in [0, 0.05) is 24.5 Å². The molecule has 29 heavy (non-hydrogen) atoms. The minimum absolute atomic E-state index is 0.237. The Balaban J connectivity index is 2.23. The summed E-state index contributed by atoms with van der Waals surface area (Å²) in [7, 11) is 6.10. The molecule has 2 rings (SSSR count). The molecule has 9 nitrogen and oxygen atoms in total. The third kappa shape index (κ3) is 7.92. The number of rotatable bonds is 11. The number of hydrogen-bond acceptors (Lipinski definition) is 9. The highest BCUT2D eigenvalue weighted by Crippen LogP contribution is 2.28. The third-order valence-corrected chi connectivity index (χ3v) is 4.45. The highest BCUT2D eigenvalue weighted by Gasteiger charge is 2.24. The van der Waals surface area contributed by atoms with Crippen LogP contribution in [0.1, 0.15) is 26.7 Å². The second-order valence-electron chi connectivity index (χ2n) is 8.46. The van der Waals surface area contributed by atoms with E-state index < -0.39 is 5.54 Å². The number of hydrazone groups is 1. The van der Waals surface area contributed by atoms with Crippen LogP contribution < -0.4 is 21.4 Å². The zero-order valence-electron chi connectivity index (χ0n) is 17.5. The summed E-state index contributed by atoms with van der Waals surface area (Å²) in [5.41, 5.74) is 2.45. The number of nitrogens with zero attached hydrogens (tertiary/aromatic N) is 3. The van der Waals surface area contributed by atoms with Crippen LogP contribution in [-0.4, -0.2) is 68.5 Å². The van der Waals surface area contributed by atoms with Gasteiger partial charge < -0.3 is 26.8 Å². The van der Waals surface area contributed by atoms with E-state index in [-0.39, 0.29) is 5.24 Å². The molecule has 6 N–H and O–H groups in total. The molecule has 0 radical (unpaired) electrons. The predicted octanol–water partition coefficient (Wildman–Crippen LogP) is -0.810. The van der Waals surface area contributed by atoms with Crippen LogP contribution in [0.3, 0.4) is 0 Å². The Morgan fingerprint density at radius 3 is 2.62 bits per heavy atom. The third-order valence-electron chi connectivity index (χ3n) is 3.87. The first-order chi connectivity index (χ1) is 13.5. The first-order valence-electron chi connectivity index (χ1n) is 9.44. The average Bonchev–Trinajstić information content (AvgIpc) is 3.40. The maximum Gasteiger partial charge on any atom is 0.230 e. The molecule has 0 bridgehead atoms. The van der Waals surface area contributed by atoms with E-state index in [1.54, 1.807) is 12.3 Å². The average molecular weight is 458 g/mol. The van der Waals surface area contributed by atoms with Crippen LogP contribution in [0.2, 0.25) is 0 Å². The molecule has 0 saturated heterocycles. The number of hydrogen-bond donors (Lipinski definition) is 6. The van der Waals surface area contributed by atoms with Gasteiger partial charge in [0.25, 0.3) is 0 Å². The molecule has 1 heterocycles. The van der Waals surface area contributed by atoms with E-state index in [0.717, 1.165) is 29.3 Å². The van der Waals surface area contributed by atoms with Crippen molar-refractivity contribution in [3.63, 3.8) is 0 Å². The van der Waals surface area contributed by atoms with Gasteiger partial charge in [0.05, 0.1) is 21.9 Å². The Labute approximate surface area is 182 Å². The van der Waals surface area contributed by atoms with Crippen LogP contribution in [0.15, 0.2) is 27.7 Å². The molecule has 0 unspecified atom stereocenters. The summed E-state index contributed by atoms with van der Waals surface area (Å²) >= 11 is 3.48. The summed E-state index contributed by atoms with van der Waals surface area (Å²) in [5.74, 6) is 1.78. The van der Waals surface area contributed by atoms with E-state index in [1.165, 1.54) is 6.21 Å². The molecule has 1 saturated carbocycles. The first kappa shape index (κ1) is 23.0. The van der Waals surface area contributed by atoms with Crippen molar-refractivity contribution in [3.8, 4) is 0 Å². The summed E-state index contributed by atoms with van der Waals surface area (Å²) in [5, 5.41) is 29.1. The van der Waals surface area contributed by atoms with Gasteiger partial charge in [0.15, 0.2) is 0 Å². The topological polar surface area (TPSA) is 134 Å². The maximum absolute atomic E-state index is 8.50. The Morgan fingerprint density at radius 1 is 1.34 bits per heavy atom.